The quantitative estimate of drug-likeness (QED) is 0.857. The molecule has 7 heteroatoms. The minimum Gasteiger partial charge on any atom is -0.370 e. The van der Waals surface area contributed by atoms with E-state index in [4.69, 9.17) is 11.6 Å². The minimum atomic E-state index is -4.37. The van der Waals surface area contributed by atoms with Crippen LogP contribution in [0.25, 0.3) is 0 Å². The van der Waals surface area contributed by atoms with Gasteiger partial charge in [0.05, 0.1) is 17.4 Å². The second kappa shape index (κ2) is 5.50. The van der Waals surface area contributed by atoms with E-state index in [9.17, 15) is 18.0 Å². The first-order chi connectivity index (χ1) is 9.61. The first kappa shape index (κ1) is 16.1. The molecular formula is C14H15ClF3NO2. The Morgan fingerprint density at radius 2 is 2.05 bits per heavy atom. The number of anilines is 1. The highest BCUT2D eigenvalue weighted by atomic mass is 35.5. The van der Waals surface area contributed by atoms with E-state index >= 15 is 0 Å². The number of alkyl halides is 4. The predicted molar refractivity (Wildman–Crippen MR) is 73.6 cm³/mol. The van der Waals surface area contributed by atoms with Crippen LogP contribution >= 0.6 is 11.6 Å². The van der Waals surface area contributed by atoms with E-state index in [0.29, 0.717) is 11.3 Å². The van der Waals surface area contributed by atoms with Gasteiger partial charge in [-0.2, -0.15) is 13.2 Å². The summed E-state index contributed by atoms with van der Waals surface area (Å²) in [7, 11) is 0. The van der Waals surface area contributed by atoms with Crippen molar-refractivity contribution in [2.75, 3.05) is 18.5 Å². The van der Waals surface area contributed by atoms with Crippen molar-refractivity contribution in [3.05, 3.63) is 29.3 Å². The Hall–Kier alpha value is -1.27. The SMILES string of the molecule is CC1(C)C(=O)Nc2ccc(C(Cl)COCC(F)(F)F)cc21. The van der Waals surface area contributed by atoms with Crippen molar-refractivity contribution in [3.8, 4) is 0 Å². The molecule has 1 heterocycles. The standard InChI is InChI=1S/C14H15ClF3NO2/c1-13(2)9-5-8(3-4-11(9)19-12(13)20)10(15)6-21-7-14(16,17)18/h3-5,10H,6-7H2,1-2H3,(H,19,20). The monoisotopic (exact) mass is 321 g/mol. The van der Waals surface area contributed by atoms with Crippen LogP contribution in [0.5, 0.6) is 0 Å². The second-order valence-electron chi connectivity index (χ2n) is 5.48. The summed E-state index contributed by atoms with van der Waals surface area (Å²) in [4.78, 5) is 11.8. The molecule has 0 aromatic heterocycles. The lowest BCUT2D eigenvalue weighted by molar-refractivity contribution is -0.173. The molecule has 1 aromatic carbocycles. The van der Waals surface area contributed by atoms with E-state index in [-0.39, 0.29) is 12.5 Å². The third-order valence-electron chi connectivity index (χ3n) is 3.42. The van der Waals surface area contributed by atoms with Crippen LogP contribution in [0, 0.1) is 0 Å². The van der Waals surface area contributed by atoms with Crippen LogP contribution in [-0.4, -0.2) is 25.3 Å². The highest BCUT2D eigenvalue weighted by molar-refractivity contribution is 6.21. The maximum Gasteiger partial charge on any atom is 0.411 e. The molecule has 0 saturated heterocycles. The number of carbonyl (C=O) groups is 1. The number of halogens is 4. The van der Waals surface area contributed by atoms with Gasteiger partial charge in [-0.3, -0.25) is 4.79 Å². The van der Waals surface area contributed by atoms with Gasteiger partial charge in [0.2, 0.25) is 5.91 Å². The summed E-state index contributed by atoms with van der Waals surface area (Å²) in [5, 5.41) is 2.05. The molecule has 1 unspecified atom stereocenters. The van der Waals surface area contributed by atoms with Gasteiger partial charge in [0.15, 0.2) is 0 Å². The summed E-state index contributed by atoms with van der Waals surface area (Å²) < 4.78 is 40.6. The van der Waals surface area contributed by atoms with Gasteiger partial charge in [-0.1, -0.05) is 12.1 Å². The molecule has 1 aliphatic rings. The fourth-order valence-corrected chi connectivity index (χ4v) is 2.38. The lowest BCUT2D eigenvalue weighted by atomic mass is 9.85. The van der Waals surface area contributed by atoms with Crippen molar-refractivity contribution in [2.45, 2.75) is 30.8 Å². The van der Waals surface area contributed by atoms with Crippen molar-refractivity contribution >= 4 is 23.2 Å². The predicted octanol–water partition coefficient (Wildman–Crippen LogP) is 3.78. The Kier molecular flexibility index (Phi) is 4.22. The summed E-state index contributed by atoms with van der Waals surface area (Å²) in [6, 6.07) is 5.12. The van der Waals surface area contributed by atoms with Crippen LogP contribution in [0.15, 0.2) is 18.2 Å². The number of hydrogen-bond donors (Lipinski definition) is 1. The molecular weight excluding hydrogens is 307 g/mol. The number of rotatable bonds is 4. The molecule has 0 fully saturated rings. The zero-order chi connectivity index (χ0) is 15.8. The molecule has 0 bridgehead atoms. The fourth-order valence-electron chi connectivity index (χ4n) is 2.16. The Bertz CT molecular complexity index is 558. The summed E-state index contributed by atoms with van der Waals surface area (Å²) in [6.07, 6.45) is -4.37. The van der Waals surface area contributed by atoms with Crippen molar-refractivity contribution in [2.24, 2.45) is 0 Å². The van der Waals surface area contributed by atoms with Gasteiger partial charge in [0.1, 0.15) is 6.61 Å². The Balaban J connectivity index is 2.09. The van der Waals surface area contributed by atoms with Crippen LogP contribution in [-0.2, 0) is 14.9 Å². The molecule has 2 rings (SSSR count). The molecule has 1 aromatic rings. The highest BCUT2D eigenvalue weighted by Gasteiger charge is 2.38. The van der Waals surface area contributed by atoms with Crippen LogP contribution in [0.1, 0.15) is 30.4 Å². The van der Waals surface area contributed by atoms with Gasteiger partial charge >= 0.3 is 6.18 Å². The number of benzene rings is 1. The summed E-state index contributed by atoms with van der Waals surface area (Å²) in [5.74, 6) is -0.117. The summed E-state index contributed by atoms with van der Waals surface area (Å²) in [5.41, 5.74) is 1.43. The van der Waals surface area contributed by atoms with E-state index in [1.165, 1.54) is 0 Å². The first-order valence-corrected chi connectivity index (χ1v) is 6.79. The van der Waals surface area contributed by atoms with Gasteiger partial charge in [0, 0.05) is 5.69 Å². The Morgan fingerprint density at radius 1 is 1.38 bits per heavy atom. The number of carbonyl (C=O) groups excluding carboxylic acids is 1. The lowest BCUT2D eigenvalue weighted by Crippen LogP contribution is -2.27. The first-order valence-electron chi connectivity index (χ1n) is 6.36. The van der Waals surface area contributed by atoms with Gasteiger partial charge in [0.25, 0.3) is 0 Å². The number of hydrogen-bond acceptors (Lipinski definition) is 2. The number of amides is 1. The Morgan fingerprint density at radius 3 is 2.67 bits per heavy atom. The van der Waals surface area contributed by atoms with Crippen LogP contribution in [0.4, 0.5) is 18.9 Å². The van der Waals surface area contributed by atoms with Crippen molar-refractivity contribution < 1.29 is 22.7 Å². The molecule has 0 saturated carbocycles. The fraction of sp³-hybridized carbons (Fsp3) is 0.500. The Labute approximate surface area is 125 Å². The number of nitrogens with one attached hydrogen (secondary N) is 1. The average Bonchev–Trinajstić information content (AvgIpc) is 2.58. The highest BCUT2D eigenvalue weighted by Crippen LogP contribution is 2.39. The number of ether oxygens (including phenoxy) is 1. The lowest BCUT2D eigenvalue weighted by Gasteiger charge is -2.17. The summed E-state index contributed by atoms with van der Waals surface area (Å²) >= 11 is 6.07. The molecule has 1 aliphatic heterocycles. The average molecular weight is 322 g/mol. The van der Waals surface area contributed by atoms with Crippen molar-refractivity contribution in [1.29, 1.82) is 0 Å². The largest absolute Gasteiger partial charge is 0.411 e. The van der Waals surface area contributed by atoms with Gasteiger partial charge < -0.3 is 10.1 Å². The second-order valence-corrected chi connectivity index (χ2v) is 6.01. The van der Waals surface area contributed by atoms with E-state index in [1.807, 2.05) is 0 Å². The van der Waals surface area contributed by atoms with E-state index < -0.39 is 23.6 Å². The molecule has 3 nitrogen and oxygen atoms in total. The third-order valence-corrected chi connectivity index (χ3v) is 3.80. The maximum absolute atomic E-state index is 12.0. The van der Waals surface area contributed by atoms with Gasteiger partial charge in [-0.15, -0.1) is 11.6 Å². The molecule has 0 spiro atoms. The molecule has 116 valence electrons. The molecule has 21 heavy (non-hydrogen) atoms. The smallest absolute Gasteiger partial charge is 0.370 e. The maximum atomic E-state index is 12.0. The van der Waals surface area contributed by atoms with E-state index in [1.54, 1.807) is 32.0 Å². The topological polar surface area (TPSA) is 38.3 Å². The third kappa shape index (κ3) is 3.49. The van der Waals surface area contributed by atoms with E-state index in [0.717, 1.165) is 5.56 Å². The normalized spacial score (nSPS) is 18.3. The molecule has 1 atom stereocenters. The minimum absolute atomic E-state index is 0.117. The number of fused-ring (bicyclic) bond motifs is 1. The molecule has 1 N–H and O–H groups in total. The van der Waals surface area contributed by atoms with Crippen molar-refractivity contribution in [3.63, 3.8) is 0 Å². The van der Waals surface area contributed by atoms with Crippen LogP contribution in [0.3, 0.4) is 0 Å². The zero-order valence-corrected chi connectivity index (χ0v) is 12.3. The molecule has 0 radical (unpaired) electrons. The van der Waals surface area contributed by atoms with Crippen molar-refractivity contribution in [1.82, 2.24) is 0 Å². The van der Waals surface area contributed by atoms with Gasteiger partial charge in [-0.25, -0.2) is 0 Å². The molecule has 1 amide bonds. The van der Waals surface area contributed by atoms with Gasteiger partial charge in [-0.05, 0) is 31.0 Å². The van der Waals surface area contributed by atoms with E-state index in [2.05, 4.69) is 10.1 Å². The summed E-state index contributed by atoms with van der Waals surface area (Å²) in [6.45, 7) is 1.98. The van der Waals surface area contributed by atoms with Crippen LogP contribution in [0.2, 0.25) is 0 Å². The zero-order valence-electron chi connectivity index (χ0n) is 11.6. The molecule has 0 aliphatic carbocycles. The van der Waals surface area contributed by atoms with Crippen LogP contribution < -0.4 is 5.32 Å².